The number of methoxy groups -OCH3 is 1. The zero-order valence-electron chi connectivity index (χ0n) is 20.2. The van der Waals surface area contributed by atoms with Crippen LogP contribution in [0.3, 0.4) is 0 Å². The number of benzene rings is 1. The van der Waals surface area contributed by atoms with Gasteiger partial charge in [-0.05, 0) is 12.8 Å². The van der Waals surface area contributed by atoms with Crippen LogP contribution in [-0.4, -0.2) is 53.7 Å². The van der Waals surface area contributed by atoms with E-state index in [0.29, 0.717) is 31.6 Å². The molecule has 2 amide bonds. The number of hydrogen-bond acceptors (Lipinski definition) is 5. The largest absolute Gasteiger partial charge is 0.491 e. The van der Waals surface area contributed by atoms with Crippen LogP contribution in [0, 0.1) is 17.5 Å². The van der Waals surface area contributed by atoms with Gasteiger partial charge in [-0.2, -0.15) is 0 Å². The minimum Gasteiger partial charge on any atom is -0.491 e. The molecule has 1 fully saturated rings. The zero-order chi connectivity index (χ0) is 26.9. The highest BCUT2D eigenvalue weighted by molar-refractivity contribution is 6.00. The minimum absolute atomic E-state index is 0.0203. The van der Waals surface area contributed by atoms with Gasteiger partial charge in [0.2, 0.25) is 5.43 Å². The van der Waals surface area contributed by atoms with E-state index in [1.165, 1.54) is 13.3 Å². The van der Waals surface area contributed by atoms with Gasteiger partial charge in [0.15, 0.2) is 11.4 Å². The molecular weight excluding hydrogens is 491 g/mol. The first-order chi connectivity index (χ1) is 17.7. The fraction of sp³-hybridized carbons (Fsp3) is 0.346. The lowest BCUT2D eigenvalue weighted by Gasteiger charge is -2.54. The molecule has 2 aliphatic heterocycles. The number of rotatable bonds is 8. The van der Waals surface area contributed by atoms with Crippen LogP contribution in [0.15, 0.2) is 48.4 Å². The van der Waals surface area contributed by atoms with E-state index in [1.807, 2.05) is 0 Å². The number of pyridine rings is 1. The predicted molar refractivity (Wildman–Crippen MR) is 128 cm³/mol. The summed E-state index contributed by atoms with van der Waals surface area (Å²) in [5.74, 6) is -5.23. The van der Waals surface area contributed by atoms with Gasteiger partial charge in [0.05, 0.1) is 25.3 Å². The van der Waals surface area contributed by atoms with Gasteiger partial charge in [0.25, 0.3) is 11.8 Å². The third-order valence-electron chi connectivity index (χ3n) is 6.81. The van der Waals surface area contributed by atoms with Gasteiger partial charge in [-0.1, -0.05) is 12.2 Å². The lowest BCUT2D eigenvalue weighted by Crippen LogP contribution is -2.65. The molecule has 196 valence electrons. The number of nitrogens with one attached hydrogen (secondary N) is 1. The van der Waals surface area contributed by atoms with Gasteiger partial charge in [0.1, 0.15) is 23.0 Å². The van der Waals surface area contributed by atoms with E-state index >= 15 is 0 Å². The van der Waals surface area contributed by atoms with Crippen LogP contribution < -0.4 is 15.5 Å². The molecule has 3 heterocycles. The van der Waals surface area contributed by atoms with Crippen molar-refractivity contribution in [3.8, 4) is 5.75 Å². The van der Waals surface area contributed by atoms with Crippen LogP contribution >= 0.6 is 0 Å². The third kappa shape index (κ3) is 4.33. The fourth-order valence-electron chi connectivity index (χ4n) is 5.16. The summed E-state index contributed by atoms with van der Waals surface area (Å²) in [6, 6.07) is 0.582. The summed E-state index contributed by atoms with van der Waals surface area (Å²) in [7, 11) is 1.21. The van der Waals surface area contributed by atoms with Crippen molar-refractivity contribution in [1.82, 2.24) is 14.8 Å². The second kappa shape index (κ2) is 10.3. The van der Waals surface area contributed by atoms with Crippen molar-refractivity contribution in [1.29, 1.82) is 0 Å². The Labute approximate surface area is 211 Å². The Morgan fingerprint density at radius 2 is 1.95 bits per heavy atom. The van der Waals surface area contributed by atoms with Crippen molar-refractivity contribution in [3.63, 3.8) is 0 Å². The smallest absolute Gasteiger partial charge is 0.275 e. The van der Waals surface area contributed by atoms with Crippen LogP contribution in [0.4, 0.5) is 13.2 Å². The highest BCUT2D eigenvalue weighted by Gasteiger charge is 2.53. The van der Waals surface area contributed by atoms with E-state index < -0.39 is 58.4 Å². The Morgan fingerprint density at radius 3 is 2.57 bits per heavy atom. The number of carbonyl (C=O) groups excluding carboxylic acids is 2. The summed E-state index contributed by atoms with van der Waals surface area (Å²) in [4.78, 5) is 41.6. The number of halogens is 3. The first-order valence-corrected chi connectivity index (χ1v) is 11.6. The van der Waals surface area contributed by atoms with Crippen molar-refractivity contribution >= 4 is 11.8 Å². The summed E-state index contributed by atoms with van der Waals surface area (Å²) in [5.41, 5.74) is -2.68. The molecule has 1 aromatic heterocycles. The number of carbonyl (C=O) groups is 2. The SMILES string of the molecule is C=CCN1C(=O)c2c(OC)c(=O)c(C(=O)NCc3c(F)cc(F)cc3F)cn2[C@H]2CCOC[C@]21CC=C. The van der Waals surface area contributed by atoms with E-state index in [0.717, 1.165) is 0 Å². The summed E-state index contributed by atoms with van der Waals surface area (Å²) in [6.07, 6.45) is 5.35. The topological polar surface area (TPSA) is 89.9 Å². The average Bonchev–Trinajstić information content (AvgIpc) is 2.85. The van der Waals surface area contributed by atoms with E-state index in [-0.39, 0.29) is 30.2 Å². The zero-order valence-corrected chi connectivity index (χ0v) is 20.2. The van der Waals surface area contributed by atoms with Crippen molar-refractivity contribution in [3.05, 3.63) is 88.1 Å². The molecule has 0 bridgehead atoms. The maximum Gasteiger partial charge on any atom is 0.275 e. The maximum atomic E-state index is 14.0. The van der Waals surface area contributed by atoms with Crippen LogP contribution in [0.2, 0.25) is 0 Å². The number of nitrogens with zero attached hydrogens (tertiary/aromatic N) is 2. The minimum atomic E-state index is -1.18. The molecule has 1 saturated heterocycles. The molecular formula is C26H26F3N3O5. The lowest BCUT2D eigenvalue weighted by molar-refractivity contribution is -0.0746. The Kier molecular flexibility index (Phi) is 7.26. The molecule has 8 nitrogen and oxygen atoms in total. The number of hydrogen-bond donors (Lipinski definition) is 1. The molecule has 2 atom stereocenters. The first-order valence-electron chi connectivity index (χ1n) is 11.6. The summed E-state index contributed by atoms with van der Waals surface area (Å²) >= 11 is 0. The highest BCUT2D eigenvalue weighted by Crippen LogP contribution is 2.45. The van der Waals surface area contributed by atoms with Gasteiger partial charge in [-0.25, -0.2) is 13.2 Å². The lowest BCUT2D eigenvalue weighted by atomic mass is 9.79. The molecule has 37 heavy (non-hydrogen) atoms. The summed E-state index contributed by atoms with van der Waals surface area (Å²) in [6.45, 7) is 7.69. The first kappa shape index (κ1) is 26.2. The van der Waals surface area contributed by atoms with E-state index in [9.17, 15) is 27.6 Å². The van der Waals surface area contributed by atoms with Crippen LogP contribution in [0.1, 0.15) is 45.3 Å². The van der Waals surface area contributed by atoms with Crippen LogP contribution in [0.25, 0.3) is 0 Å². The van der Waals surface area contributed by atoms with Gasteiger partial charge >= 0.3 is 0 Å². The number of ether oxygens (including phenoxy) is 2. The fourth-order valence-corrected chi connectivity index (χ4v) is 5.16. The van der Waals surface area contributed by atoms with E-state index in [1.54, 1.807) is 21.6 Å². The van der Waals surface area contributed by atoms with E-state index in [4.69, 9.17) is 9.47 Å². The number of aromatic nitrogens is 1. The molecule has 0 aliphatic carbocycles. The molecule has 2 aromatic rings. The molecule has 0 unspecified atom stereocenters. The Balaban J connectivity index is 1.81. The highest BCUT2D eigenvalue weighted by atomic mass is 19.1. The van der Waals surface area contributed by atoms with Crippen molar-refractivity contribution in [2.24, 2.45) is 0 Å². The molecule has 2 aliphatic rings. The Morgan fingerprint density at radius 1 is 1.24 bits per heavy atom. The third-order valence-corrected chi connectivity index (χ3v) is 6.81. The van der Waals surface area contributed by atoms with E-state index in [2.05, 4.69) is 18.5 Å². The van der Waals surface area contributed by atoms with Gasteiger partial charge in [0, 0.05) is 43.6 Å². The maximum absolute atomic E-state index is 14.0. The summed E-state index contributed by atoms with van der Waals surface area (Å²) < 4.78 is 53.9. The monoisotopic (exact) mass is 517 g/mol. The van der Waals surface area contributed by atoms with Gasteiger partial charge in [-0.3, -0.25) is 14.4 Å². The normalized spacial score (nSPS) is 20.6. The van der Waals surface area contributed by atoms with Crippen molar-refractivity contribution in [2.45, 2.75) is 31.0 Å². The molecule has 4 rings (SSSR count). The Hall–Kier alpha value is -3.86. The molecule has 0 spiro atoms. The second-order valence-corrected chi connectivity index (χ2v) is 8.85. The molecule has 0 saturated carbocycles. The number of fused-ring (bicyclic) bond motifs is 3. The second-order valence-electron chi connectivity index (χ2n) is 8.85. The van der Waals surface area contributed by atoms with Crippen LogP contribution in [-0.2, 0) is 11.3 Å². The Bertz CT molecular complexity index is 1320. The molecule has 1 N–H and O–H groups in total. The predicted octanol–water partition coefficient (Wildman–Crippen LogP) is 3.12. The molecule has 1 aromatic carbocycles. The van der Waals surface area contributed by atoms with Crippen LogP contribution in [0.5, 0.6) is 5.75 Å². The average molecular weight is 518 g/mol. The van der Waals surface area contributed by atoms with Gasteiger partial charge in [-0.15, -0.1) is 13.2 Å². The quantitative estimate of drug-likeness (QED) is 0.544. The summed E-state index contributed by atoms with van der Waals surface area (Å²) in [5, 5.41) is 2.30. The molecule has 11 heteroatoms. The van der Waals surface area contributed by atoms with Crippen molar-refractivity contribution in [2.75, 3.05) is 26.9 Å². The number of amides is 2. The van der Waals surface area contributed by atoms with Crippen molar-refractivity contribution < 1.29 is 32.2 Å². The molecule has 0 radical (unpaired) electrons. The van der Waals surface area contributed by atoms with Gasteiger partial charge < -0.3 is 24.3 Å². The standard InChI is InChI=1S/C26H26F3N3O5/c1-4-7-26-14-37-9-6-20(26)31-13-17(22(33)23(36-3)21(31)25(35)32(26)8-5-2)24(34)30-12-16-18(28)10-15(27)11-19(16)29/h4-5,10-11,13,20H,1-2,6-9,12,14H2,3H3,(H,30,34)/t20-,26+/m0/s1.